The lowest BCUT2D eigenvalue weighted by atomic mass is 9.96. The molecular weight excluding hydrogens is 366 g/mol. The summed E-state index contributed by atoms with van der Waals surface area (Å²) in [5.74, 6) is 0.385. The molecule has 1 aliphatic carbocycles. The Bertz CT molecular complexity index is 1080. The lowest BCUT2D eigenvalue weighted by Crippen LogP contribution is -2.32. The van der Waals surface area contributed by atoms with Gasteiger partial charge in [-0.3, -0.25) is 4.79 Å². The molecule has 0 spiro atoms. The second kappa shape index (κ2) is 6.96. The van der Waals surface area contributed by atoms with Gasteiger partial charge in [-0.2, -0.15) is 0 Å². The maximum absolute atomic E-state index is 13.0. The molecule has 0 aromatic heterocycles. The number of amides is 1. The molecule has 28 heavy (non-hydrogen) atoms. The molecule has 138 valence electrons. The van der Waals surface area contributed by atoms with Crippen molar-refractivity contribution in [1.82, 2.24) is 0 Å². The number of nitrogens with zero attached hydrogens (tertiary/aromatic N) is 1. The molecule has 0 bridgehead atoms. The number of benzene rings is 3. The van der Waals surface area contributed by atoms with E-state index in [1.165, 1.54) is 11.1 Å². The molecule has 3 heteroatoms. The number of anilines is 1. The van der Waals surface area contributed by atoms with Crippen LogP contribution in [0.3, 0.4) is 0 Å². The maximum atomic E-state index is 13.0. The Morgan fingerprint density at radius 3 is 2.43 bits per heavy atom. The Kier molecular flexibility index (Phi) is 4.29. The number of carbonyl (C=O) groups is 1. The minimum Gasteiger partial charge on any atom is -0.307 e. The predicted molar refractivity (Wildman–Crippen MR) is 116 cm³/mol. The van der Waals surface area contributed by atoms with Gasteiger partial charge in [0.05, 0.1) is 12.2 Å². The van der Waals surface area contributed by atoms with Gasteiger partial charge < -0.3 is 4.90 Å². The summed E-state index contributed by atoms with van der Waals surface area (Å²) in [7, 11) is 0. The van der Waals surface area contributed by atoms with Gasteiger partial charge in [0, 0.05) is 10.9 Å². The van der Waals surface area contributed by atoms with Crippen LogP contribution < -0.4 is 4.90 Å². The SMILES string of the molecule is O=C(C1CC1)N1Cc2ccc(-c3ccccc3)cc2C=Cc2cc(Cl)ccc21. The Hall–Kier alpha value is -2.84. The Labute approximate surface area is 170 Å². The molecule has 1 heterocycles. The van der Waals surface area contributed by atoms with E-state index < -0.39 is 0 Å². The van der Waals surface area contributed by atoms with Crippen LogP contribution in [-0.4, -0.2) is 5.91 Å². The topological polar surface area (TPSA) is 20.3 Å². The van der Waals surface area contributed by atoms with Crippen molar-refractivity contribution < 1.29 is 4.79 Å². The minimum absolute atomic E-state index is 0.166. The summed E-state index contributed by atoms with van der Waals surface area (Å²) in [4.78, 5) is 15.0. The fourth-order valence-electron chi connectivity index (χ4n) is 3.79. The van der Waals surface area contributed by atoms with E-state index in [4.69, 9.17) is 11.6 Å². The number of hydrogen-bond acceptors (Lipinski definition) is 1. The third-order valence-electron chi connectivity index (χ3n) is 5.50. The van der Waals surface area contributed by atoms with Gasteiger partial charge in [-0.25, -0.2) is 0 Å². The molecule has 0 atom stereocenters. The average Bonchev–Trinajstić information content (AvgIpc) is 3.55. The molecule has 0 unspecified atom stereocenters. The number of carbonyl (C=O) groups excluding carboxylic acids is 1. The molecule has 1 saturated carbocycles. The summed E-state index contributed by atoms with van der Waals surface area (Å²) in [5.41, 5.74) is 6.59. The number of halogens is 1. The Morgan fingerprint density at radius 1 is 0.857 bits per heavy atom. The Morgan fingerprint density at radius 2 is 1.64 bits per heavy atom. The summed E-state index contributed by atoms with van der Waals surface area (Å²) < 4.78 is 0. The fraction of sp³-hybridized carbons (Fsp3) is 0.160. The second-order valence-electron chi connectivity index (χ2n) is 7.51. The van der Waals surface area contributed by atoms with Crippen molar-refractivity contribution >= 4 is 35.3 Å². The zero-order valence-electron chi connectivity index (χ0n) is 15.4. The van der Waals surface area contributed by atoms with Crippen LogP contribution in [0, 0.1) is 5.92 Å². The molecule has 0 saturated heterocycles. The van der Waals surface area contributed by atoms with E-state index in [-0.39, 0.29) is 11.8 Å². The lowest BCUT2D eigenvalue weighted by molar-refractivity contribution is -0.119. The monoisotopic (exact) mass is 385 g/mol. The fourth-order valence-corrected chi connectivity index (χ4v) is 3.97. The van der Waals surface area contributed by atoms with Crippen molar-refractivity contribution in [3.05, 3.63) is 88.4 Å². The first kappa shape index (κ1) is 17.3. The van der Waals surface area contributed by atoms with Crippen molar-refractivity contribution in [2.75, 3.05) is 4.90 Å². The summed E-state index contributed by atoms with van der Waals surface area (Å²) in [6, 6.07) is 22.6. The van der Waals surface area contributed by atoms with E-state index >= 15 is 0 Å². The van der Waals surface area contributed by atoms with E-state index in [1.54, 1.807) is 0 Å². The molecule has 5 rings (SSSR count). The van der Waals surface area contributed by atoms with Gasteiger partial charge in [0.2, 0.25) is 5.91 Å². The first-order chi connectivity index (χ1) is 13.7. The first-order valence-corrected chi connectivity index (χ1v) is 10.0. The third-order valence-corrected chi connectivity index (χ3v) is 5.73. The highest BCUT2D eigenvalue weighted by Crippen LogP contribution is 2.37. The normalized spacial score (nSPS) is 15.4. The molecule has 3 aromatic carbocycles. The zero-order chi connectivity index (χ0) is 19.1. The van der Waals surface area contributed by atoms with Crippen LogP contribution in [0.25, 0.3) is 23.3 Å². The summed E-state index contributed by atoms with van der Waals surface area (Å²) in [6.45, 7) is 0.582. The van der Waals surface area contributed by atoms with Crippen LogP contribution in [0.15, 0.2) is 66.7 Å². The molecular formula is C25H20ClNO. The average molecular weight is 386 g/mol. The molecule has 1 aliphatic heterocycles. The minimum atomic E-state index is 0.166. The quantitative estimate of drug-likeness (QED) is 0.497. The molecule has 2 aliphatic rings. The number of rotatable bonds is 2. The van der Waals surface area contributed by atoms with E-state index in [2.05, 4.69) is 54.6 Å². The van der Waals surface area contributed by atoms with E-state index in [0.717, 1.165) is 35.2 Å². The van der Waals surface area contributed by atoms with Crippen molar-refractivity contribution in [1.29, 1.82) is 0 Å². The van der Waals surface area contributed by atoms with E-state index in [0.29, 0.717) is 11.6 Å². The third kappa shape index (κ3) is 3.25. The van der Waals surface area contributed by atoms with Gasteiger partial charge in [0.15, 0.2) is 0 Å². The zero-order valence-corrected chi connectivity index (χ0v) is 16.2. The van der Waals surface area contributed by atoms with Gasteiger partial charge in [-0.15, -0.1) is 0 Å². The smallest absolute Gasteiger partial charge is 0.230 e. The largest absolute Gasteiger partial charge is 0.307 e. The molecule has 2 nitrogen and oxygen atoms in total. The molecule has 0 N–H and O–H groups in total. The van der Waals surface area contributed by atoms with Gasteiger partial charge in [0.1, 0.15) is 0 Å². The number of hydrogen-bond donors (Lipinski definition) is 0. The predicted octanol–water partition coefficient (Wildman–Crippen LogP) is 6.43. The van der Waals surface area contributed by atoms with Crippen molar-refractivity contribution in [2.24, 2.45) is 5.92 Å². The standard InChI is InChI=1S/C25H20ClNO/c26-23-12-13-24-21(15-23)10-8-20-14-19(17-4-2-1-3-5-17)9-11-22(20)16-27(24)25(28)18-6-7-18/h1-5,8-15,18H,6-7,16H2. The lowest BCUT2D eigenvalue weighted by Gasteiger charge is -2.27. The highest BCUT2D eigenvalue weighted by Gasteiger charge is 2.35. The number of fused-ring (bicyclic) bond motifs is 2. The van der Waals surface area contributed by atoms with Gasteiger partial charge >= 0.3 is 0 Å². The molecule has 1 fully saturated rings. The van der Waals surface area contributed by atoms with Crippen LogP contribution in [0.1, 0.15) is 29.5 Å². The maximum Gasteiger partial charge on any atom is 0.230 e. The molecule has 3 aromatic rings. The highest BCUT2D eigenvalue weighted by atomic mass is 35.5. The van der Waals surface area contributed by atoms with Crippen molar-refractivity contribution in [2.45, 2.75) is 19.4 Å². The van der Waals surface area contributed by atoms with Crippen molar-refractivity contribution in [3.8, 4) is 11.1 Å². The first-order valence-electron chi connectivity index (χ1n) is 9.66. The van der Waals surface area contributed by atoms with Gasteiger partial charge in [-0.05, 0) is 64.9 Å². The van der Waals surface area contributed by atoms with Gasteiger partial charge in [-0.1, -0.05) is 66.2 Å². The highest BCUT2D eigenvalue weighted by molar-refractivity contribution is 6.31. The summed E-state index contributed by atoms with van der Waals surface area (Å²) in [5, 5.41) is 0.682. The van der Waals surface area contributed by atoms with Crippen molar-refractivity contribution in [3.63, 3.8) is 0 Å². The van der Waals surface area contributed by atoms with E-state index in [9.17, 15) is 4.79 Å². The molecule has 0 radical (unpaired) electrons. The second-order valence-corrected chi connectivity index (χ2v) is 7.95. The summed E-state index contributed by atoms with van der Waals surface area (Å²) >= 11 is 6.24. The Balaban J connectivity index is 1.62. The summed E-state index contributed by atoms with van der Waals surface area (Å²) in [6.07, 6.45) is 6.19. The van der Waals surface area contributed by atoms with E-state index in [1.807, 2.05) is 29.2 Å². The van der Waals surface area contributed by atoms with Crippen LogP contribution >= 0.6 is 11.6 Å². The van der Waals surface area contributed by atoms with Crippen LogP contribution in [-0.2, 0) is 11.3 Å². The van der Waals surface area contributed by atoms with Crippen LogP contribution in [0.2, 0.25) is 5.02 Å². The van der Waals surface area contributed by atoms with Crippen LogP contribution in [0.5, 0.6) is 0 Å². The van der Waals surface area contributed by atoms with Gasteiger partial charge in [0.25, 0.3) is 0 Å². The van der Waals surface area contributed by atoms with Crippen LogP contribution in [0.4, 0.5) is 5.69 Å². The molecule has 1 amide bonds.